The summed E-state index contributed by atoms with van der Waals surface area (Å²) >= 11 is 0. The van der Waals surface area contributed by atoms with Gasteiger partial charge in [0, 0.05) is 13.1 Å². The number of nitrogens with one attached hydrogen (secondary N) is 1. The van der Waals surface area contributed by atoms with E-state index < -0.39 is 0 Å². The molecule has 1 unspecified atom stereocenters. The topological polar surface area (TPSA) is 50.2 Å². The van der Waals surface area contributed by atoms with Crippen LogP contribution >= 0.6 is 0 Å². The summed E-state index contributed by atoms with van der Waals surface area (Å²) in [5.74, 6) is -0.346. The lowest BCUT2D eigenvalue weighted by Gasteiger charge is -2.02. The Labute approximate surface area is 48.2 Å². The molecule has 0 aromatic heterocycles. The quantitative estimate of drug-likeness (QED) is 0.423. The van der Waals surface area contributed by atoms with Crippen LogP contribution in [0.4, 0.5) is 0 Å². The van der Waals surface area contributed by atoms with Gasteiger partial charge in [-0.15, -0.1) is 0 Å². The van der Waals surface area contributed by atoms with E-state index in [2.05, 4.69) is 4.74 Å². The molecule has 1 N–H and O–H groups in total. The van der Waals surface area contributed by atoms with Crippen LogP contribution in [-0.2, 0) is 9.53 Å². The Bertz CT molecular complexity index is 101. The fraction of sp³-hybridized carbons (Fsp3) is 0.600. The highest BCUT2D eigenvalue weighted by molar-refractivity contribution is 5.70. The van der Waals surface area contributed by atoms with E-state index in [1.54, 1.807) is 6.92 Å². The average Bonchev–Trinajstić information content (AvgIpc) is 1.65. The van der Waals surface area contributed by atoms with Crippen LogP contribution in [0.5, 0.6) is 0 Å². The largest absolute Gasteiger partial charge is 0.457 e. The summed E-state index contributed by atoms with van der Waals surface area (Å²) < 4.78 is 4.52. The number of ether oxygens (including phenoxy) is 1. The standard InChI is InChI=1S/C5H9NO2/c1-4(3-6)8-5(2)7/h3-4,6H,1-2H3. The first kappa shape index (κ1) is 7.14. The van der Waals surface area contributed by atoms with Gasteiger partial charge in [-0.25, -0.2) is 0 Å². The molecule has 0 amide bonds. The molecule has 0 saturated heterocycles. The van der Waals surface area contributed by atoms with Crippen molar-refractivity contribution in [1.82, 2.24) is 0 Å². The maximum absolute atomic E-state index is 10.1. The Morgan fingerprint density at radius 3 is 2.50 bits per heavy atom. The minimum absolute atomic E-state index is 0.346. The molecule has 3 heteroatoms. The predicted octanol–water partition coefficient (Wildman–Crippen LogP) is 0.588. The molecular weight excluding hydrogens is 106 g/mol. The average molecular weight is 115 g/mol. The Morgan fingerprint density at radius 1 is 1.88 bits per heavy atom. The molecule has 0 spiro atoms. The maximum Gasteiger partial charge on any atom is 0.303 e. The lowest BCUT2D eigenvalue weighted by Crippen LogP contribution is -2.12. The summed E-state index contributed by atoms with van der Waals surface area (Å²) in [4.78, 5) is 10.1. The smallest absolute Gasteiger partial charge is 0.303 e. The summed E-state index contributed by atoms with van der Waals surface area (Å²) in [6, 6.07) is 0. The second kappa shape index (κ2) is 3.18. The molecule has 1 atom stereocenters. The van der Waals surface area contributed by atoms with Crippen LogP contribution in [0.3, 0.4) is 0 Å². The molecule has 3 nitrogen and oxygen atoms in total. The highest BCUT2D eigenvalue weighted by Crippen LogP contribution is 1.84. The van der Waals surface area contributed by atoms with Crippen LogP contribution in [0, 0.1) is 5.41 Å². The Kier molecular flexibility index (Phi) is 2.84. The fourth-order valence-corrected chi connectivity index (χ4v) is 0.296. The number of esters is 1. The van der Waals surface area contributed by atoms with E-state index in [1.807, 2.05) is 0 Å². The highest BCUT2D eigenvalue weighted by Gasteiger charge is 1.97. The van der Waals surface area contributed by atoms with Crippen molar-refractivity contribution in [2.45, 2.75) is 20.0 Å². The molecule has 46 valence electrons. The van der Waals surface area contributed by atoms with Gasteiger partial charge in [-0.2, -0.15) is 0 Å². The van der Waals surface area contributed by atoms with Gasteiger partial charge in [-0.1, -0.05) is 0 Å². The third-order valence-corrected chi connectivity index (χ3v) is 0.587. The van der Waals surface area contributed by atoms with E-state index in [-0.39, 0.29) is 12.1 Å². The molecule has 0 aromatic rings. The van der Waals surface area contributed by atoms with Crippen molar-refractivity contribution < 1.29 is 9.53 Å². The van der Waals surface area contributed by atoms with Gasteiger partial charge in [-0.05, 0) is 6.92 Å². The van der Waals surface area contributed by atoms with Gasteiger partial charge in [0.05, 0.1) is 0 Å². The first-order valence-electron chi connectivity index (χ1n) is 2.34. The van der Waals surface area contributed by atoms with Crippen LogP contribution in [0.25, 0.3) is 0 Å². The van der Waals surface area contributed by atoms with Crippen molar-refractivity contribution >= 4 is 12.2 Å². The van der Waals surface area contributed by atoms with E-state index in [0.717, 1.165) is 6.21 Å². The number of carbonyl (C=O) groups is 1. The van der Waals surface area contributed by atoms with Crippen LogP contribution in [0.2, 0.25) is 0 Å². The number of hydrogen-bond acceptors (Lipinski definition) is 3. The first-order valence-corrected chi connectivity index (χ1v) is 2.34. The van der Waals surface area contributed by atoms with Gasteiger partial charge in [0.25, 0.3) is 0 Å². The second-order valence-electron chi connectivity index (χ2n) is 1.48. The van der Waals surface area contributed by atoms with E-state index in [9.17, 15) is 4.79 Å². The van der Waals surface area contributed by atoms with E-state index in [0.29, 0.717) is 0 Å². The van der Waals surface area contributed by atoms with Crippen molar-refractivity contribution in [3.8, 4) is 0 Å². The summed E-state index contributed by atoms with van der Waals surface area (Å²) in [7, 11) is 0. The van der Waals surface area contributed by atoms with Crippen LogP contribution in [0.15, 0.2) is 0 Å². The van der Waals surface area contributed by atoms with Gasteiger partial charge in [0.2, 0.25) is 0 Å². The van der Waals surface area contributed by atoms with Crippen LogP contribution in [0.1, 0.15) is 13.8 Å². The lowest BCUT2D eigenvalue weighted by atomic mass is 10.4. The molecule has 8 heavy (non-hydrogen) atoms. The monoisotopic (exact) mass is 115 g/mol. The molecule has 0 rings (SSSR count). The lowest BCUT2D eigenvalue weighted by molar-refractivity contribution is -0.142. The zero-order valence-corrected chi connectivity index (χ0v) is 4.97. The number of rotatable bonds is 2. The summed E-state index contributed by atoms with van der Waals surface area (Å²) in [6.45, 7) is 2.95. The van der Waals surface area contributed by atoms with Gasteiger partial charge in [0.15, 0.2) is 0 Å². The van der Waals surface area contributed by atoms with Crippen LogP contribution < -0.4 is 0 Å². The zero-order chi connectivity index (χ0) is 6.57. The predicted molar refractivity (Wildman–Crippen MR) is 30.0 cm³/mol. The first-order chi connectivity index (χ1) is 3.66. The Hall–Kier alpha value is -0.860. The summed E-state index contributed by atoms with van der Waals surface area (Å²) in [5, 5.41) is 6.60. The van der Waals surface area contributed by atoms with E-state index in [4.69, 9.17) is 5.41 Å². The van der Waals surface area contributed by atoms with Gasteiger partial charge >= 0.3 is 5.97 Å². The third-order valence-electron chi connectivity index (χ3n) is 0.587. The summed E-state index contributed by atoms with van der Waals surface area (Å²) in [6.07, 6.45) is 0.689. The normalized spacial score (nSPS) is 12.2. The zero-order valence-electron chi connectivity index (χ0n) is 4.97. The molecule has 0 aliphatic carbocycles. The van der Waals surface area contributed by atoms with Crippen molar-refractivity contribution in [3.05, 3.63) is 0 Å². The molecule has 0 aliphatic rings. The summed E-state index contributed by atoms with van der Waals surface area (Å²) in [5.41, 5.74) is 0. The van der Waals surface area contributed by atoms with Crippen molar-refractivity contribution in [1.29, 1.82) is 5.41 Å². The molecule has 0 fully saturated rings. The number of hydrogen-bond donors (Lipinski definition) is 1. The van der Waals surface area contributed by atoms with E-state index in [1.165, 1.54) is 6.92 Å². The molecule has 0 bridgehead atoms. The number of carbonyl (C=O) groups excluding carboxylic acids is 1. The Balaban J connectivity index is 3.38. The molecular formula is C5H9NO2. The minimum Gasteiger partial charge on any atom is -0.457 e. The fourth-order valence-electron chi connectivity index (χ4n) is 0.296. The van der Waals surface area contributed by atoms with Crippen molar-refractivity contribution in [3.63, 3.8) is 0 Å². The maximum atomic E-state index is 10.1. The molecule has 0 aromatic carbocycles. The molecule has 0 radical (unpaired) electrons. The van der Waals surface area contributed by atoms with Gasteiger partial charge in [0.1, 0.15) is 6.10 Å². The molecule has 0 heterocycles. The SMILES string of the molecule is CC(=O)OC(C)C=N. The Morgan fingerprint density at radius 2 is 2.38 bits per heavy atom. The van der Waals surface area contributed by atoms with Crippen LogP contribution in [-0.4, -0.2) is 18.3 Å². The van der Waals surface area contributed by atoms with Crippen molar-refractivity contribution in [2.75, 3.05) is 0 Å². The molecule has 0 saturated carbocycles. The van der Waals surface area contributed by atoms with Crippen molar-refractivity contribution in [2.24, 2.45) is 0 Å². The minimum atomic E-state index is -0.382. The second-order valence-corrected chi connectivity index (χ2v) is 1.48. The van der Waals surface area contributed by atoms with Gasteiger partial charge < -0.3 is 10.1 Å². The van der Waals surface area contributed by atoms with E-state index >= 15 is 0 Å². The van der Waals surface area contributed by atoms with Gasteiger partial charge in [-0.3, -0.25) is 4.79 Å². The molecule has 0 aliphatic heterocycles. The third kappa shape index (κ3) is 3.33. The highest BCUT2D eigenvalue weighted by atomic mass is 16.5.